The van der Waals surface area contributed by atoms with E-state index in [-0.39, 0.29) is 6.04 Å². The SMILES string of the molecule is CCNC(CCN(CC)CC(C)C)c1cc(F)cc(F)c1. The molecule has 0 spiro atoms. The molecule has 0 aromatic heterocycles. The molecule has 0 bridgehead atoms. The minimum absolute atomic E-state index is 0.0126. The molecule has 120 valence electrons. The van der Waals surface area contributed by atoms with Gasteiger partial charge in [0.05, 0.1) is 0 Å². The van der Waals surface area contributed by atoms with E-state index in [9.17, 15) is 8.78 Å². The first kappa shape index (κ1) is 18.1. The molecule has 1 atom stereocenters. The van der Waals surface area contributed by atoms with E-state index in [2.05, 4.69) is 31.0 Å². The first-order chi connectivity index (χ1) is 9.96. The number of rotatable bonds is 9. The maximum atomic E-state index is 13.4. The fraction of sp³-hybridized carbons (Fsp3) is 0.647. The van der Waals surface area contributed by atoms with Crippen LogP contribution in [-0.2, 0) is 0 Å². The van der Waals surface area contributed by atoms with Gasteiger partial charge in [0.1, 0.15) is 11.6 Å². The lowest BCUT2D eigenvalue weighted by Gasteiger charge is -2.26. The minimum atomic E-state index is -0.512. The van der Waals surface area contributed by atoms with Crippen LogP contribution < -0.4 is 5.32 Å². The van der Waals surface area contributed by atoms with Crippen molar-refractivity contribution in [2.24, 2.45) is 5.92 Å². The predicted octanol–water partition coefficient (Wildman–Crippen LogP) is 3.98. The zero-order chi connectivity index (χ0) is 15.8. The lowest BCUT2D eigenvalue weighted by molar-refractivity contribution is 0.242. The fourth-order valence-electron chi connectivity index (χ4n) is 2.62. The summed E-state index contributed by atoms with van der Waals surface area (Å²) in [6.07, 6.45) is 0.845. The molecule has 0 saturated heterocycles. The molecule has 21 heavy (non-hydrogen) atoms. The maximum absolute atomic E-state index is 13.4. The highest BCUT2D eigenvalue weighted by molar-refractivity contribution is 5.21. The number of hydrogen-bond acceptors (Lipinski definition) is 2. The normalized spacial score (nSPS) is 13.1. The monoisotopic (exact) mass is 298 g/mol. The van der Waals surface area contributed by atoms with Crippen molar-refractivity contribution in [1.29, 1.82) is 0 Å². The van der Waals surface area contributed by atoms with E-state index in [1.165, 1.54) is 12.1 Å². The predicted molar refractivity (Wildman–Crippen MR) is 84.3 cm³/mol. The Morgan fingerprint density at radius 3 is 2.19 bits per heavy atom. The molecule has 4 heteroatoms. The topological polar surface area (TPSA) is 15.3 Å². The van der Waals surface area contributed by atoms with Gasteiger partial charge in [-0.25, -0.2) is 8.78 Å². The average molecular weight is 298 g/mol. The van der Waals surface area contributed by atoms with Crippen molar-refractivity contribution in [3.63, 3.8) is 0 Å². The summed E-state index contributed by atoms with van der Waals surface area (Å²) >= 11 is 0. The Bertz CT molecular complexity index is 401. The average Bonchev–Trinajstić information content (AvgIpc) is 2.40. The summed E-state index contributed by atoms with van der Waals surface area (Å²) in [6.45, 7) is 12.3. The van der Waals surface area contributed by atoms with Crippen LogP contribution in [0.3, 0.4) is 0 Å². The van der Waals surface area contributed by atoms with Gasteiger partial charge >= 0.3 is 0 Å². The van der Waals surface area contributed by atoms with E-state index in [1.807, 2.05) is 6.92 Å². The number of nitrogens with zero attached hydrogens (tertiary/aromatic N) is 1. The van der Waals surface area contributed by atoms with Crippen LogP contribution in [-0.4, -0.2) is 31.1 Å². The third-order valence-corrected chi connectivity index (χ3v) is 3.54. The molecule has 0 heterocycles. The van der Waals surface area contributed by atoms with Gasteiger partial charge in [0.2, 0.25) is 0 Å². The van der Waals surface area contributed by atoms with Gasteiger partial charge in [-0.1, -0.05) is 27.7 Å². The van der Waals surface area contributed by atoms with Crippen LogP contribution in [0.2, 0.25) is 0 Å². The highest BCUT2D eigenvalue weighted by Crippen LogP contribution is 2.20. The van der Waals surface area contributed by atoms with Crippen molar-refractivity contribution < 1.29 is 8.78 Å². The molecular formula is C17H28F2N2. The molecule has 0 saturated carbocycles. The number of nitrogens with one attached hydrogen (secondary N) is 1. The highest BCUT2D eigenvalue weighted by atomic mass is 19.1. The Kier molecular flexibility index (Phi) is 7.83. The smallest absolute Gasteiger partial charge is 0.126 e. The largest absolute Gasteiger partial charge is 0.310 e. The Hall–Kier alpha value is -1.00. The van der Waals surface area contributed by atoms with E-state index in [1.54, 1.807) is 0 Å². The Balaban J connectivity index is 2.72. The van der Waals surface area contributed by atoms with Gasteiger partial charge in [-0.15, -0.1) is 0 Å². The van der Waals surface area contributed by atoms with Crippen LogP contribution in [0.4, 0.5) is 8.78 Å². The van der Waals surface area contributed by atoms with Crippen molar-refractivity contribution >= 4 is 0 Å². The molecule has 1 aromatic carbocycles. The third-order valence-electron chi connectivity index (χ3n) is 3.54. The van der Waals surface area contributed by atoms with Crippen molar-refractivity contribution in [2.45, 2.75) is 40.2 Å². The number of halogens is 2. The highest BCUT2D eigenvalue weighted by Gasteiger charge is 2.15. The van der Waals surface area contributed by atoms with Crippen molar-refractivity contribution in [3.8, 4) is 0 Å². The summed E-state index contributed by atoms with van der Waals surface area (Å²) in [7, 11) is 0. The Morgan fingerprint density at radius 2 is 1.71 bits per heavy atom. The first-order valence-electron chi connectivity index (χ1n) is 7.88. The van der Waals surface area contributed by atoms with Crippen molar-refractivity contribution in [1.82, 2.24) is 10.2 Å². The third kappa shape index (κ3) is 6.53. The second-order valence-electron chi connectivity index (χ2n) is 5.89. The molecule has 0 aliphatic rings. The summed E-state index contributed by atoms with van der Waals surface area (Å²) in [5.74, 6) is -0.404. The van der Waals surface area contributed by atoms with Gasteiger partial charge in [-0.3, -0.25) is 0 Å². The lowest BCUT2D eigenvalue weighted by Crippen LogP contribution is -2.32. The van der Waals surface area contributed by atoms with E-state index in [0.717, 1.165) is 38.7 Å². The number of benzene rings is 1. The molecule has 0 radical (unpaired) electrons. The quantitative estimate of drug-likeness (QED) is 0.742. The molecule has 1 aromatic rings. The van der Waals surface area contributed by atoms with Gasteiger partial charge in [0.15, 0.2) is 0 Å². The summed E-state index contributed by atoms with van der Waals surface area (Å²) in [4.78, 5) is 2.38. The van der Waals surface area contributed by atoms with E-state index in [4.69, 9.17) is 0 Å². The van der Waals surface area contributed by atoms with Crippen LogP contribution in [0.15, 0.2) is 18.2 Å². The second-order valence-corrected chi connectivity index (χ2v) is 5.89. The molecule has 0 aliphatic carbocycles. The van der Waals surface area contributed by atoms with Crippen LogP contribution in [0.5, 0.6) is 0 Å². The second kappa shape index (κ2) is 9.11. The summed E-state index contributed by atoms with van der Waals surface area (Å²) < 4.78 is 26.8. The molecule has 0 aliphatic heterocycles. The zero-order valence-electron chi connectivity index (χ0n) is 13.6. The van der Waals surface area contributed by atoms with Crippen LogP contribution in [0.25, 0.3) is 0 Å². The van der Waals surface area contributed by atoms with Gasteiger partial charge in [0, 0.05) is 18.7 Å². The van der Waals surface area contributed by atoms with Gasteiger partial charge in [-0.05, 0) is 49.7 Å². The van der Waals surface area contributed by atoms with Crippen molar-refractivity contribution in [2.75, 3.05) is 26.2 Å². The van der Waals surface area contributed by atoms with Crippen LogP contribution in [0, 0.1) is 17.6 Å². The molecule has 0 fully saturated rings. The summed E-state index contributed by atoms with van der Waals surface area (Å²) in [5.41, 5.74) is 0.690. The molecule has 2 nitrogen and oxygen atoms in total. The standard InChI is InChI=1S/C17H28F2N2/c1-5-20-17(7-8-21(6-2)12-13(3)4)14-9-15(18)11-16(19)10-14/h9-11,13,17,20H,5-8,12H2,1-4H3. The van der Waals surface area contributed by atoms with E-state index >= 15 is 0 Å². The van der Waals surface area contributed by atoms with E-state index < -0.39 is 11.6 Å². The molecule has 1 N–H and O–H groups in total. The Labute approximate surface area is 127 Å². The fourth-order valence-corrected chi connectivity index (χ4v) is 2.62. The van der Waals surface area contributed by atoms with Gasteiger partial charge < -0.3 is 10.2 Å². The maximum Gasteiger partial charge on any atom is 0.126 e. The molecular weight excluding hydrogens is 270 g/mol. The first-order valence-corrected chi connectivity index (χ1v) is 7.88. The number of hydrogen-bond donors (Lipinski definition) is 1. The van der Waals surface area contributed by atoms with Crippen LogP contribution in [0.1, 0.15) is 45.7 Å². The lowest BCUT2D eigenvalue weighted by atomic mass is 10.0. The van der Waals surface area contributed by atoms with Gasteiger partial charge in [0.25, 0.3) is 0 Å². The minimum Gasteiger partial charge on any atom is -0.310 e. The van der Waals surface area contributed by atoms with Crippen molar-refractivity contribution in [3.05, 3.63) is 35.4 Å². The zero-order valence-corrected chi connectivity index (χ0v) is 13.6. The molecule has 0 amide bonds. The molecule has 1 rings (SSSR count). The Morgan fingerprint density at radius 1 is 1.10 bits per heavy atom. The summed E-state index contributed by atoms with van der Waals surface area (Å²) in [6, 6.07) is 3.76. The van der Waals surface area contributed by atoms with Gasteiger partial charge in [-0.2, -0.15) is 0 Å². The summed E-state index contributed by atoms with van der Waals surface area (Å²) in [5, 5.41) is 3.33. The van der Waals surface area contributed by atoms with Crippen LogP contribution >= 0.6 is 0 Å². The molecule has 1 unspecified atom stereocenters. The van der Waals surface area contributed by atoms with E-state index in [0.29, 0.717) is 11.5 Å².